The minimum Gasteiger partial charge on any atom is -0.430 e. The largest absolute Gasteiger partial charge is 0.430 e. The van der Waals surface area contributed by atoms with Gasteiger partial charge in [0.1, 0.15) is 18.3 Å². The van der Waals surface area contributed by atoms with Crippen LogP contribution in [0.5, 0.6) is 0 Å². The Morgan fingerprint density at radius 1 is 1.35 bits per heavy atom. The van der Waals surface area contributed by atoms with E-state index in [9.17, 15) is 0 Å². The first-order chi connectivity index (χ1) is 9.69. The van der Waals surface area contributed by atoms with Crippen molar-refractivity contribution in [2.45, 2.75) is 0 Å². The molecule has 2 rings (SSSR count). The second-order valence-corrected chi connectivity index (χ2v) is 3.61. The molecule has 0 aliphatic carbocycles. The maximum atomic E-state index is 8.30. The summed E-state index contributed by atoms with van der Waals surface area (Å²) in [7, 11) is 0. The second-order valence-electron chi connectivity index (χ2n) is 3.61. The highest BCUT2D eigenvalue weighted by Crippen LogP contribution is 2.24. The van der Waals surface area contributed by atoms with Gasteiger partial charge >= 0.3 is 6.01 Å². The minimum absolute atomic E-state index is 0.0975. The van der Waals surface area contributed by atoms with Gasteiger partial charge in [-0.2, -0.15) is 15.2 Å². The molecule has 0 bridgehead atoms. The van der Waals surface area contributed by atoms with Gasteiger partial charge in [0.25, 0.3) is 0 Å². The number of nitrogens with one attached hydrogen (secondary N) is 1. The fraction of sp³-hybridized carbons (Fsp3) is 0. The predicted octanol–water partition coefficient (Wildman–Crippen LogP) is 0.977. The molecular formula is C12H11N7O. The quantitative estimate of drug-likeness (QED) is 0.327. The van der Waals surface area contributed by atoms with Crippen molar-refractivity contribution in [3.63, 3.8) is 0 Å². The van der Waals surface area contributed by atoms with Crippen molar-refractivity contribution in [1.29, 1.82) is 5.26 Å². The number of nitrogens with two attached hydrogens (primary N) is 2. The molecule has 0 spiro atoms. The Labute approximate surface area is 114 Å². The summed E-state index contributed by atoms with van der Waals surface area (Å²) in [4.78, 5) is 11.8. The summed E-state index contributed by atoms with van der Waals surface area (Å²) in [5, 5.41) is 10.6. The third kappa shape index (κ3) is 3.33. The molecule has 8 heteroatoms. The summed E-state index contributed by atoms with van der Waals surface area (Å²) >= 11 is 0. The number of nitrogens with zero attached hydrogens (tertiary/aromatic N) is 4. The number of rotatable bonds is 4. The number of nitriles is 1. The van der Waals surface area contributed by atoms with Crippen LogP contribution in [0.15, 0.2) is 44.9 Å². The zero-order valence-electron chi connectivity index (χ0n) is 10.3. The Morgan fingerprint density at radius 3 is 2.75 bits per heavy atom. The molecule has 0 aliphatic heterocycles. The van der Waals surface area contributed by atoms with Gasteiger partial charge in [-0.25, -0.2) is 4.99 Å². The van der Waals surface area contributed by atoms with Gasteiger partial charge in [-0.3, -0.25) is 5.32 Å². The average molecular weight is 269 g/mol. The van der Waals surface area contributed by atoms with Crippen molar-refractivity contribution in [2.24, 2.45) is 21.5 Å². The zero-order valence-corrected chi connectivity index (χ0v) is 10.3. The van der Waals surface area contributed by atoms with E-state index in [1.54, 1.807) is 18.3 Å². The molecule has 0 amide bonds. The molecule has 1 heterocycles. The van der Waals surface area contributed by atoms with E-state index >= 15 is 0 Å². The van der Waals surface area contributed by atoms with Gasteiger partial charge in [0, 0.05) is 5.56 Å². The SMILES string of the molecule is N#CNC=Nc1ccc(-c2coc(N=C(N)N)n2)cc1. The Bertz CT molecular complexity index is 675. The van der Waals surface area contributed by atoms with Crippen LogP contribution in [0.2, 0.25) is 0 Å². The van der Waals surface area contributed by atoms with E-state index in [0.29, 0.717) is 11.4 Å². The van der Waals surface area contributed by atoms with Crippen LogP contribution in [-0.2, 0) is 0 Å². The van der Waals surface area contributed by atoms with Gasteiger partial charge in [-0.1, -0.05) is 12.1 Å². The fourth-order valence-corrected chi connectivity index (χ4v) is 1.41. The van der Waals surface area contributed by atoms with E-state index in [1.165, 1.54) is 12.6 Å². The molecule has 5 N–H and O–H groups in total. The summed E-state index contributed by atoms with van der Waals surface area (Å²) in [6.07, 6.45) is 4.50. The smallest absolute Gasteiger partial charge is 0.325 e. The first-order valence-corrected chi connectivity index (χ1v) is 5.52. The molecule has 1 aromatic carbocycles. The molecule has 8 nitrogen and oxygen atoms in total. The maximum absolute atomic E-state index is 8.30. The number of aromatic nitrogens is 1. The summed E-state index contributed by atoms with van der Waals surface area (Å²) in [6.45, 7) is 0. The van der Waals surface area contributed by atoms with Crippen LogP contribution in [0.4, 0.5) is 11.7 Å². The number of oxazole rings is 1. The van der Waals surface area contributed by atoms with Crippen LogP contribution in [0.3, 0.4) is 0 Å². The van der Waals surface area contributed by atoms with Crippen molar-refractivity contribution in [3.8, 4) is 17.5 Å². The first-order valence-electron chi connectivity index (χ1n) is 5.52. The summed E-state index contributed by atoms with van der Waals surface area (Å²) in [5.41, 5.74) is 12.6. The van der Waals surface area contributed by atoms with Crippen molar-refractivity contribution in [2.75, 3.05) is 0 Å². The molecule has 100 valence electrons. The normalized spacial score (nSPS) is 10.2. The van der Waals surface area contributed by atoms with Gasteiger partial charge in [0.05, 0.1) is 5.69 Å². The van der Waals surface area contributed by atoms with Crippen LogP contribution in [0.25, 0.3) is 11.3 Å². The van der Waals surface area contributed by atoms with Gasteiger partial charge in [0.15, 0.2) is 12.2 Å². The predicted molar refractivity (Wildman–Crippen MR) is 74.3 cm³/mol. The number of guanidine groups is 1. The van der Waals surface area contributed by atoms with E-state index in [-0.39, 0.29) is 12.0 Å². The Morgan fingerprint density at radius 2 is 2.10 bits per heavy atom. The lowest BCUT2D eigenvalue weighted by atomic mass is 10.1. The monoisotopic (exact) mass is 269 g/mol. The van der Waals surface area contributed by atoms with Gasteiger partial charge < -0.3 is 15.9 Å². The summed E-state index contributed by atoms with van der Waals surface area (Å²) < 4.78 is 5.11. The standard InChI is InChI=1S/C12H11N7O/c13-6-16-7-17-9-3-1-8(2-4-9)10-5-20-12(18-10)19-11(14)15/h1-5,7H,(H,16,17)(H4,14,15,18,19). The first kappa shape index (κ1) is 13.1. The van der Waals surface area contributed by atoms with Crippen molar-refractivity contribution in [1.82, 2.24) is 10.3 Å². The fourth-order valence-electron chi connectivity index (χ4n) is 1.41. The van der Waals surface area contributed by atoms with Crippen LogP contribution in [-0.4, -0.2) is 17.3 Å². The molecule has 0 unspecified atom stereocenters. The highest BCUT2D eigenvalue weighted by molar-refractivity contribution is 5.78. The van der Waals surface area contributed by atoms with Gasteiger partial charge in [-0.05, 0) is 12.1 Å². The number of benzene rings is 1. The van der Waals surface area contributed by atoms with Crippen molar-refractivity contribution in [3.05, 3.63) is 30.5 Å². The molecule has 20 heavy (non-hydrogen) atoms. The maximum Gasteiger partial charge on any atom is 0.325 e. The van der Waals surface area contributed by atoms with E-state index in [2.05, 4.69) is 20.3 Å². The molecule has 0 saturated carbocycles. The topological polar surface area (TPSA) is 139 Å². The highest BCUT2D eigenvalue weighted by atomic mass is 16.4. The number of hydrogen-bond donors (Lipinski definition) is 3. The molecule has 0 radical (unpaired) electrons. The minimum atomic E-state index is -0.118. The van der Waals surface area contributed by atoms with E-state index < -0.39 is 0 Å². The van der Waals surface area contributed by atoms with Gasteiger partial charge in [0.2, 0.25) is 0 Å². The van der Waals surface area contributed by atoms with Crippen LogP contribution < -0.4 is 16.8 Å². The van der Waals surface area contributed by atoms with E-state index in [0.717, 1.165) is 5.56 Å². The lowest BCUT2D eigenvalue weighted by molar-refractivity contribution is 0.570. The van der Waals surface area contributed by atoms with Crippen molar-refractivity contribution >= 4 is 24.0 Å². The molecule has 0 aliphatic rings. The third-order valence-corrected chi connectivity index (χ3v) is 2.22. The molecule has 0 fully saturated rings. The molecular weight excluding hydrogens is 258 g/mol. The number of aliphatic imine (C=N–C) groups is 2. The van der Waals surface area contributed by atoms with Crippen LogP contribution in [0.1, 0.15) is 0 Å². The lowest BCUT2D eigenvalue weighted by Crippen LogP contribution is -2.21. The Kier molecular flexibility index (Phi) is 3.94. The summed E-state index contributed by atoms with van der Waals surface area (Å²) in [6, 6.07) is 7.28. The second kappa shape index (κ2) is 6.01. The molecule has 0 atom stereocenters. The Balaban J connectivity index is 2.16. The Hall–Kier alpha value is -3.34. The lowest BCUT2D eigenvalue weighted by Gasteiger charge is -1.96. The van der Waals surface area contributed by atoms with Crippen LogP contribution >= 0.6 is 0 Å². The van der Waals surface area contributed by atoms with Crippen molar-refractivity contribution < 1.29 is 4.42 Å². The zero-order chi connectivity index (χ0) is 14.4. The van der Waals surface area contributed by atoms with Gasteiger partial charge in [-0.15, -0.1) is 0 Å². The average Bonchev–Trinajstić information content (AvgIpc) is 2.87. The molecule has 0 saturated heterocycles. The third-order valence-electron chi connectivity index (χ3n) is 2.22. The summed E-state index contributed by atoms with van der Waals surface area (Å²) in [5.74, 6) is -0.118. The van der Waals surface area contributed by atoms with E-state index in [4.69, 9.17) is 21.1 Å². The molecule has 1 aromatic heterocycles. The highest BCUT2D eigenvalue weighted by Gasteiger charge is 2.05. The van der Waals surface area contributed by atoms with E-state index in [1.807, 2.05) is 12.1 Å². The molecule has 2 aromatic rings. The van der Waals surface area contributed by atoms with Crippen LogP contribution in [0, 0.1) is 11.5 Å². The number of hydrogen-bond acceptors (Lipinski definition) is 5.